The van der Waals surface area contributed by atoms with Crippen LogP contribution in [0.15, 0.2) is 60.9 Å². The lowest BCUT2D eigenvalue weighted by atomic mass is 10.2. The Morgan fingerprint density at radius 2 is 1.97 bits per heavy atom. The quantitative estimate of drug-likeness (QED) is 0.343. The Balaban J connectivity index is 1.22. The molecule has 4 heterocycles. The fourth-order valence-corrected chi connectivity index (χ4v) is 4.31. The van der Waals surface area contributed by atoms with Gasteiger partial charge in [-0.15, -0.1) is 15.3 Å². The van der Waals surface area contributed by atoms with Gasteiger partial charge in [-0.3, -0.25) is 4.79 Å². The average molecular weight is 476 g/mol. The fourth-order valence-electron chi connectivity index (χ4n) is 3.36. The second kappa shape index (κ2) is 9.32. The number of benzene rings is 1. The highest BCUT2D eigenvalue weighted by Gasteiger charge is 2.16. The summed E-state index contributed by atoms with van der Waals surface area (Å²) in [5.41, 5.74) is 2.11. The van der Waals surface area contributed by atoms with Crippen LogP contribution in [0.25, 0.3) is 22.2 Å². The van der Waals surface area contributed by atoms with Gasteiger partial charge >= 0.3 is 0 Å². The van der Waals surface area contributed by atoms with Gasteiger partial charge in [-0.1, -0.05) is 23.5 Å². The first-order valence-electron chi connectivity index (χ1n) is 10.5. The Hall–Kier alpha value is -4.25. The summed E-state index contributed by atoms with van der Waals surface area (Å²) in [6.45, 7) is 2.40. The lowest BCUT2D eigenvalue weighted by molar-refractivity contribution is 0.0949. The summed E-state index contributed by atoms with van der Waals surface area (Å²) in [5.74, 6) is 1.51. The van der Waals surface area contributed by atoms with Crippen molar-refractivity contribution in [1.82, 2.24) is 34.7 Å². The van der Waals surface area contributed by atoms with Crippen LogP contribution in [0.4, 0.5) is 0 Å². The summed E-state index contributed by atoms with van der Waals surface area (Å²) >= 11 is 1.34. The van der Waals surface area contributed by atoms with E-state index in [4.69, 9.17) is 9.47 Å². The normalized spacial score (nSPS) is 11.0. The molecule has 5 aromatic rings. The molecular formula is C23H21N7O3S. The number of nitrogens with one attached hydrogen (secondary N) is 1. The van der Waals surface area contributed by atoms with Gasteiger partial charge < -0.3 is 19.4 Å². The van der Waals surface area contributed by atoms with Gasteiger partial charge in [0.2, 0.25) is 5.88 Å². The van der Waals surface area contributed by atoms with Crippen LogP contribution in [-0.4, -0.2) is 55.5 Å². The van der Waals surface area contributed by atoms with E-state index in [1.54, 1.807) is 23.8 Å². The summed E-state index contributed by atoms with van der Waals surface area (Å²) in [6.07, 6.45) is 3.79. The van der Waals surface area contributed by atoms with Gasteiger partial charge in [0.15, 0.2) is 16.6 Å². The van der Waals surface area contributed by atoms with E-state index in [1.165, 1.54) is 11.3 Å². The van der Waals surface area contributed by atoms with E-state index in [0.717, 1.165) is 10.7 Å². The van der Waals surface area contributed by atoms with Gasteiger partial charge in [0.05, 0.1) is 19.3 Å². The van der Waals surface area contributed by atoms with Gasteiger partial charge in [-0.05, 0) is 37.3 Å². The molecule has 4 aromatic heterocycles. The van der Waals surface area contributed by atoms with Crippen molar-refractivity contribution in [2.45, 2.75) is 6.92 Å². The van der Waals surface area contributed by atoms with Gasteiger partial charge in [-0.2, -0.15) is 4.52 Å². The van der Waals surface area contributed by atoms with E-state index in [2.05, 4.69) is 25.6 Å². The number of carbonyl (C=O) groups is 1. The molecule has 11 heteroatoms. The van der Waals surface area contributed by atoms with Crippen molar-refractivity contribution in [2.24, 2.45) is 0 Å². The number of fused-ring (bicyclic) bond motifs is 1. The maximum Gasteiger partial charge on any atom is 0.263 e. The molecule has 1 N–H and O–H groups in total. The number of thiazole rings is 1. The largest absolute Gasteiger partial charge is 0.497 e. The van der Waals surface area contributed by atoms with Crippen molar-refractivity contribution >= 4 is 22.9 Å². The number of carbonyl (C=O) groups excluding carboxylic acids is 1. The molecule has 0 radical (unpaired) electrons. The van der Waals surface area contributed by atoms with E-state index in [0.29, 0.717) is 40.2 Å². The minimum absolute atomic E-state index is 0.181. The van der Waals surface area contributed by atoms with Crippen molar-refractivity contribution in [2.75, 3.05) is 20.3 Å². The smallest absolute Gasteiger partial charge is 0.263 e. The lowest BCUT2D eigenvalue weighted by Gasteiger charge is -2.07. The Kier molecular flexibility index (Phi) is 5.91. The van der Waals surface area contributed by atoms with Gasteiger partial charge in [0, 0.05) is 24.0 Å². The summed E-state index contributed by atoms with van der Waals surface area (Å²) in [6, 6.07) is 14.8. The van der Waals surface area contributed by atoms with Crippen LogP contribution >= 0.6 is 11.3 Å². The zero-order valence-corrected chi connectivity index (χ0v) is 19.3. The number of ether oxygens (including phenoxy) is 2. The molecule has 10 nitrogen and oxygen atoms in total. The van der Waals surface area contributed by atoms with Gasteiger partial charge in [-0.25, -0.2) is 4.98 Å². The van der Waals surface area contributed by atoms with Crippen LogP contribution in [0.5, 0.6) is 11.6 Å². The van der Waals surface area contributed by atoms with Crippen LogP contribution in [0.1, 0.15) is 15.4 Å². The summed E-state index contributed by atoms with van der Waals surface area (Å²) in [4.78, 5) is 17.7. The van der Waals surface area contributed by atoms with Gasteiger partial charge in [0.25, 0.3) is 5.91 Å². The van der Waals surface area contributed by atoms with E-state index in [-0.39, 0.29) is 12.5 Å². The SMILES string of the molecule is COc1cccc(-c2nnc3ccc(OCCNC(=O)c4sc(-n5cccc5)nc4C)nn23)c1. The minimum atomic E-state index is -0.181. The van der Waals surface area contributed by atoms with E-state index < -0.39 is 0 Å². The zero-order valence-electron chi connectivity index (χ0n) is 18.5. The number of aromatic nitrogens is 6. The first-order chi connectivity index (χ1) is 16.6. The Bertz CT molecular complexity index is 1440. The molecule has 0 atom stereocenters. The number of amides is 1. The molecule has 0 bridgehead atoms. The molecule has 1 aromatic carbocycles. The second-order valence-corrected chi connectivity index (χ2v) is 8.28. The molecule has 0 aliphatic carbocycles. The van der Waals surface area contributed by atoms with Crippen LogP contribution in [-0.2, 0) is 0 Å². The molecule has 0 spiro atoms. The highest BCUT2D eigenvalue weighted by molar-refractivity contribution is 7.16. The molecule has 0 fully saturated rings. The summed E-state index contributed by atoms with van der Waals surface area (Å²) < 4.78 is 14.5. The highest BCUT2D eigenvalue weighted by Crippen LogP contribution is 2.23. The molecule has 172 valence electrons. The predicted molar refractivity (Wildman–Crippen MR) is 127 cm³/mol. The first kappa shape index (κ1) is 21.6. The van der Waals surface area contributed by atoms with Crippen LogP contribution in [0.3, 0.4) is 0 Å². The molecule has 34 heavy (non-hydrogen) atoms. The highest BCUT2D eigenvalue weighted by atomic mass is 32.1. The van der Waals surface area contributed by atoms with Crippen molar-refractivity contribution < 1.29 is 14.3 Å². The number of rotatable bonds is 8. The molecule has 0 saturated carbocycles. The Labute approximate surface area is 198 Å². The zero-order chi connectivity index (χ0) is 23.5. The molecule has 0 unspecified atom stereocenters. The first-order valence-corrected chi connectivity index (χ1v) is 11.3. The molecule has 5 rings (SSSR count). The number of aryl methyl sites for hydroxylation is 1. The standard InChI is InChI=1S/C23H21N7O3S/c1-15-20(34-23(25-15)29-11-3-4-12-29)22(31)24-10-13-33-19-9-8-18-26-27-21(30(18)28-19)16-6-5-7-17(14-16)32-2/h3-9,11-12,14H,10,13H2,1-2H3,(H,24,31). The maximum atomic E-state index is 12.6. The van der Waals surface area contributed by atoms with E-state index in [9.17, 15) is 4.79 Å². The lowest BCUT2D eigenvalue weighted by Crippen LogP contribution is -2.28. The topological polar surface area (TPSA) is 108 Å². The number of hydrogen-bond acceptors (Lipinski definition) is 8. The molecule has 0 saturated heterocycles. The monoisotopic (exact) mass is 475 g/mol. The molecule has 0 aliphatic heterocycles. The third-order valence-electron chi connectivity index (χ3n) is 5.02. The van der Waals surface area contributed by atoms with E-state index >= 15 is 0 Å². The summed E-state index contributed by atoms with van der Waals surface area (Å²) in [7, 11) is 1.61. The van der Waals surface area contributed by atoms with Crippen molar-refractivity contribution in [1.29, 1.82) is 0 Å². The molecule has 0 aliphatic rings. The molecular weight excluding hydrogens is 454 g/mol. The van der Waals surface area contributed by atoms with Crippen molar-refractivity contribution in [3.8, 4) is 28.1 Å². The predicted octanol–water partition coefficient (Wildman–Crippen LogP) is 3.16. The van der Waals surface area contributed by atoms with E-state index in [1.807, 2.05) is 60.3 Å². The van der Waals surface area contributed by atoms with Crippen LogP contribution < -0.4 is 14.8 Å². The number of hydrogen-bond donors (Lipinski definition) is 1. The second-order valence-electron chi connectivity index (χ2n) is 7.30. The minimum Gasteiger partial charge on any atom is -0.497 e. The fraction of sp³-hybridized carbons (Fsp3) is 0.174. The Morgan fingerprint density at radius 1 is 1.12 bits per heavy atom. The number of methoxy groups -OCH3 is 1. The van der Waals surface area contributed by atoms with Crippen LogP contribution in [0, 0.1) is 6.92 Å². The third kappa shape index (κ3) is 4.33. The third-order valence-corrected chi connectivity index (χ3v) is 6.19. The van der Waals surface area contributed by atoms with Crippen LogP contribution in [0.2, 0.25) is 0 Å². The summed E-state index contributed by atoms with van der Waals surface area (Å²) in [5, 5.41) is 16.5. The van der Waals surface area contributed by atoms with Crippen molar-refractivity contribution in [3.05, 3.63) is 71.5 Å². The maximum absolute atomic E-state index is 12.6. The van der Waals surface area contributed by atoms with Gasteiger partial charge in [0.1, 0.15) is 17.2 Å². The molecule has 1 amide bonds. The van der Waals surface area contributed by atoms with Crippen molar-refractivity contribution in [3.63, 3.8) is 0 Å². The Morgan fingerprint density at radius 3 is 2.79 bits per heavy atom. The average Bonchev–Trinajstić information content (AvgIpc) is 3.61. The number of nitrogens with zero attached hydrogens (tertiary/aromatic N) is 6.